The number of rotatable bonds is 6. The fourth-order valence-electron chi connectivity index (χ4n) is 1.11. The number of carboxylic acid groups (broad SMARTS) is 2. The van der Waals surface area contributed by atoms with Crippen molar-refractivity contribution in [3.63, 3.8) is 0 Å². The fraction of sp³-hybridized carbons (Fsp3) is 0.364. The number of hydrogen-bond acceptors (Lipinski definition) is 2. The van der Waals surface area contributed by atoms with Crippen LogP contribution in [-0.2, 0) is 0 Å². The van der Waals surface area contributed by atoms with Crippen LogP contribution in [0.5, 0.6) is 0 Å². The highest BCUT2D eigenvalue weighted by Crippen LogP contribution is 2.17. The summed E-state index contributed by atoms with van der Waals surface area (Å²) in [5.41, 5.74) is 5.81. The van der Waals surface area contributed by atoms with Crippen LogP contribution in [0.3, 0.4) is 0 Å². The molecule has 4 heteroatoms. The Kier molecular flexibility index (Phi) is 9.57. The highest BCUT2D eigenvalue weighted by molar-refractivity contribution is 5.53. The molecule has 0 heterocycles. The van der Waals surface area contributed by atoms with E-state index in [1.165, 1.54) is 0 Å². The standard InChI is InChI=1S/C10H17N.CH2O3/c1-4-7-10(11,8-5-2)9-6-3;2-1(3)4/h4-6H,1-3,7-9,11H2;(H2,2,3,4). The summed E-state index contributed by atoms with van der Waals surface area (Å²) in [5.74, 6) is 0. The maximum atomic E-state index is 8.56. The fourth-order valence-corrected chi connectivity index (χ4v) is 1.11. The number of hydrogen-bond donors (Lipinski definition) is 3. The molecule has 4 nitrogen and oxygen atoms in total. The van der Waals surface area contributed by atoms with E-state index < -0.39 is 6.16 Å². The third-order valence-corrected chi connectivity index (χ3v) is 1.65. The molecule has 15 heavy (non-hydrogen) atoms. The van der Waals surface area contributed by atoms with Gasteiger partial charge >= 0.3 is 6.16 Å². The van der Waals surface area contributed by atoms with Crippen LogP contribution in [0.4, 0.5) is 4.79 Å². The normalized spacial score (nSPS) is 9.40. The Bertz CT molecular complexity index is 193. The summed E-state index contributed by atoms with van der Waals surface area (Å²) >= 11 is 0. The van der Waals surface area contributed by atoms with Gasteiger partial charge in [-0.05, 0) is 19.3 Å². The molecule has 0 aliphatic carbocycles. The van der Waals surface area contributed by atoms with Crippen LogP contribution in [0.1, 0.15) is 19.3 Å². The second kappa shape index (κ2) is 9.02. The van der Waals surface area contributed by atoms with Crippen molar-refractivity contribution in [2.24, 2.45) is 5.73 Å². The molecule has 0 spiro atoms. The number of carbonyl (C=O) groups is 1. The summed E-state index contributed by atoms with van der Waals surface area (Å²) in [4.78, 5) is 8.56. The van der Waals surface area contributed by atoms with Gasteiger partial charge in [0.25, 0.3) is 0 Å². The lowest BCUT2D eigenvalue weighted by Gasteiger charge is -2.25. The molecule has 0 fully saturated rings. The quantitative estimate of drug-likeness (QED) is 0.592. The van der Waals surface area contributed by atoms with Crippen LogP contribution in [0.25, 0.3) is 0 Å². The Balaban J connectivity index is 0. The van der Waals surface area contributed by atoms with Crippen molar-refractivity contribution in [3.05, 3.63) is 38.0 Å². The second-order valence-electron chi connectivity index (χ2n) is 3.12. The van der Waals surface area contributed by atoms with Crippen molar-refractivity contribution in [3.8, 4) is 0 Å². The Morgan fingerprint density at radius 1 is 1.07 bits per heavy atom. The van der Waals surface area contributed by atoms with Gasteiger partial charge in [0.1, 0.15) is 0 Å². The van der Waals surface area contributed by atoms with Crippen LogP contribution >= 0.6 is 0 Å². The molecular weight excluding hydrogens is 194 g/mol. The zero-order valence-electron chi connectivity index (χ0n) is 8.85. The molecule has 0 radical (unpaired) electrons. The lowest BCUT2D eigenvalue weighted by molar-refractivity contribution is 0.137. The van der Waals surface area contributed by atoms with E-state index in [-0.39, 0.29) is 5.54 Å². The zero-order valence-corrected chi connectivity index (χ0v) is 8.85. The third kappa shape index (κ3) is 12.4. The summed E-state index contributed by atoms with van der Waals surface area (Å²) in [6.07, 6.45) is 6.12. The second-order valence-corrected chi connectivity index (χ2v) is 3.12. The number of nitrogens with two attached hydrogens (primary N) is 1. The molecule has 0 bridgehead atoms. The van der Waals surface area contributed by atoms with Gasteiger partial charge in [-0.3, -0.25) is 0 Å². The topological polar surface area (TPSA) is 83.6 Å². The monoisotopic (exact) mass is 213 g/mol. The van der Waals surface area contributed by atoms with Gasteiger partial charge < -0.3 is 15.9 Å². The van der Waals surface area contributed by atoms with Gasteiger partial charge in [-0.2, -0.15) is 0 Å². The zero-order chi connectivity index (χ0) is 12.3. The molecular formula is C11H19NO3. The molecule has 0 aromatic rings. The average Bonchev–Trinajstić information content (AvgIpc) is 2.03. The SMILES string of the molecule is C=CCC(N)(CC=C)CC=C.O=C(O)O. The van der Waals surface area contributed by atoms with Crippen LogP contribution < -0.4 is 5.73 Å². The lowest BCUT2D eigenvalue weighted by Crippen LogP contribution is -2.37. The summed E-state index contributed by atoms with van der Waals surface area (Å²) in [5, 5.41) is 13.9. The first-order valence-corrected chi connectivity index (χ1v) is 4.45. The van der Waals surface area contributed by atoms with Crippen LogP contribution in [0.2, 0.25) is 0 Å². The molecule has 0 aliphatic rings. The largest absolute Gasteiger partial charge is 0.503 e. The van der Waals surface area contributed by atoms with Gasteiger partial charge in [-0.1, -0.05) is 18.2 Å². The highest BCUT2D eigenvalue weighted by Gasteiger charge is 2.18. The molecule has 4 N–H and O–H groups in total. The lowest BCUT2D eigenvalue weighted by atomic mass is 9.89. The van der Waals surface area contributed by atoms with Crippen molar-refractivity contribution in [1.82, 2.24) is 0 Å². The van der Waals surface area contributed by atoms with Crippen LogP contribution in [0, 0.1) is 0 Å². The molecule has 86 valence electrons. The first-order valence-electron chi connectivity index (χ1n) is 4.45. The molecule has 0 amide bonds. The molecule has 0 saturated carbocycles. The summed E-state index contributed by atoms with van der Waals surface area (Å²) in [6.45, 7) is 11.0. The van der Waals surface area contributed by atoms with Crippen molar-refractivity contribution in [1.29, 1.82) is 0 Å². The summed E-state index contributed by atoms with van der Waals surface area (Å²) < 4.78 is 0. The van der Waals surface area contributed by atoms with E-state index in [1.54, 1.807) is 0 Å². The molecule has 0 unspecified atom stereocenters. The van der Waals surface area contributed by atoms with E-state index in [9.17, 15) is 0 Å². The molecule has 0 rings (SSSR count). The van der Waals surface area contributed by atoms with Gasteiger partial charge in [-0.25, -0.2) is 4.79 Å². The Hall–Kier alpha value is -1.55. The minimum atomic E-state index is -1.83. The maximum Gasteiger partial charge on any atom is 0.503 e. The van der Waals surface area contributed by atoms with Gasteiger partial charge in [0, 0.05) is 5.54 Å². The summed E-state index contributed by atoms with van der Waals surface area (Å²) in [6, 6.07) is 0. The van der Waals surface area contributed by atoms with Crippen LogP contribution in [0.15, 0.2) is 38.0 Å². The highest BCUT2D eigenvalue weighted by atomic mass is 16.6. The van der Waals surface area contributed by atoms with E-state index in [1.807, 2.05) is 18.2 Å². The maximum absolute atomic E-state index is 8.56. The van der Waals surface area contributed by atoms with Gasteiger partial charge in [-0.15, -0.1) is 19.7 Å². The Labute approximate surface area is 90.4 Å². The van der Waals surface area contributed by atoms with Gasteiger partial charge in [0.2, 0.25) is 0 Å². The van der Waals surface area contributed by atoms with Crippen molar-refractivity contribution in [2.75, 3.05) is 0 Å². The predicted molar refractivity (Wildman–Crippen MR) is 62.0 cm³/mol. The first kappa shape index (κ1) is 15.9. The van der Waals surface area contributed by atoms with Crippen molar-refractivity contribution >= 4 is 6.16 Å². The smallest absolute Gasteiger partial charge is 0.450 e. The molecule has 0 aliphatic heterocycles. The van der Waals surface area contributed by atoms with Gasteiger partial charge in [0.05, 0.1) is 0 Å². The van der Waals surface area contributed by atoms with E-state index in [4.69, 9.17) is 20.7 Å². The molecule has 0 aromatic heterocycles. The third-order valence-electron chi connectivity index (χ3n) is 1.65. The first-order chi connectivity index (χ1) is 6.91. The predicted octanol–water partition coefficient (Wildman–Crippen LogP) is 2.63. The van der Waals surface area contributed by atoms with Gasteiger partial charge in [0.15, 0.2) is 0 Å². The Morgan fingerprint density at radius 2 is 1.27 bits per heavy atom. The Morgan fingerprint density at radius 3 is 1.40 bits per heavy atom. The minimum Gasteiger partial charge on any atom is -0.450 e. The van der Waals surface area contributed by atoms with Crippen molar-refractivity contribution in [2.45, 2.75) is 24.8 Å². The van der Waals surface area contributed by atoms with E-state index in [0.717, 1.165) is 19.3 Å². The minimum absolute atomic E-state index is 0.203. The molecule has 0 aromatic carbocycles. The van der Waals surface area contributed by atoms with E-state index in [0.29, 0.717) is 0 Å². The van der Waals surface area contributed by atoms with E-state index in [2.05, 4.69) is 19.7 Å². The summed E-state index contributed by atoms with van der Waals surface area (Å²) in [7, 11) is 0. The van der Waals surface area contributed by atoms with Crippen molar-refractivity contribution < 1.29 is 15.0 Å². The van der Waals surface area contributed by atoms with E-state index >= 15 is 0 Å². The van der Waals surface area contributed by atoms with Crippen LogP contribution in [-0.4, -0.2) is 21.9 Å². The molecule has 0 atom stereocenters. The molecule has 0 saturated heterocycles. The average molecular weight is 213 g/mol.